The number of morpholine rings is 1. The number of nitrogens with zero attached hydrogens (tertiary/aromatic N) is 3. The fraction of sp³-hybridized carbons (Fsp3) is 0.600. The summed E-state index contributed by atoms with van der Waals surface area (Å²) < 4.78 is 36.7. The number of benzene rings is 1. The van der Waals surface area contributed by atoms with Crippen molar-refractivity contribution in [3.63, 3.8) is 0 Å². The number of rotatable bonds is 5. The SMILES string of the molecule is C[C@@H]1COCCN1C(=O)C1CCC(NS(=O)(=O)c2ccc3c(C#N)c(C4CC4)n(C)c3c2)CC1. The second-order valence-corrected chi connectivity index (χ2v) is 11.7. The number of ether oxygens (including phenoxy) is 1. The van der Waals surface area contributed by atoms with E-state index in [2.05, 4.69) is 10.8 Å². The average Bonchev–Trinajstić information content (AvgIpc) is 3.63. The number of aromatic nitrogens is 1. The van der Waals surface area contributed by atoms with Crippen LogP contribution < -0.4 is 4.72 Å². The highest BCUT2D eigenvalue weighted by Crippen LogP contribution is 2.44. The molecule has 3 aliphatic rings. The summed E-state index contributed by atoms with van der Waals surface area (Å²) in [7, 11) is -1.80. The first-order chi connectivity index (χ1) is 16.3. The largest absolute Gasteiger partial charge is 0.377 e. The Morgan fingerprint density at radius 3 is 2.56 bits per heavy atom. The molecule has 5 rings (SSSR count). The molecule has 8 nitrogen and oxygen atoms in total. The highest BCUT2D eigenvalue weighted by Gasteiger charge is 2.35. The molecule has 182 valence electrons. The van der Waals surface area contributed by atoms with E-state index in [1.165, 1.54) is 0 Å². The monoisotopic (exact) mass is 484 g/mol. The minimum Gasteiger partial charge on any atom is -0.377 e. The van der Waals surface area contributed by atoms with Crippen LogP contribution in [0.5, 0.6) is 0 Å². The molecule has 2 aliphatic carbocycles. The van der Waals surface area contributed by atoms with Gasteiger partial charge in [0.05, 0.1) is 35.2 Å². The van der Waals surface area contributed by atoms with Gasteiger partial charge in [0, 0.05) is 42.6 Å². The maximum absolute atomic E-state index is 13.2. The van der Waals surface area contributed by atoms with Crippen LogP contribution in [0.1, 0.15) is 62.6 Å². The fourth-order valence-electron chi connectivity index (χ4n) is 5.59. The minimum absolute atomic E-state index is 0.0497. The van der Waals surface area contributed by atoms with Gasteiger partial charge in [-0.1, -0.05) is 6.07 Å². The minimum atomic E-state index is -3.71. The molecule has 1 atom stereocenters. The first kappa shape index (κ1) is 23.3. The van der Waals surface area contributed by atoms with Gasteiger partial charge in [0.25, 0.3) is 0 Å². The van der Waals surface area contributed by atoms with Crippen LogP contribution in [-0.2, 0) is 26.6 Å². The van der Waals surface area contributed by atoms with Crippen molar-refractivity contribution in [3.05, 3.63) is 29.5 Å². The molecule has 2 heterocycles. The van der Waals surface area contributed by atoms with Gasteiger partial charge in [0.2, 0.25) is 15.9 Å². The lowest BCUT2D eigenvalue weighted by Crippen LogP contribution is -2.50. The zero-order valence-electron chi connectivity index (χ0n) is 19.8. The maximum atomic E-state index is 13.2. The number of aryl methyl sites for hydroxylation is 1. The van der Waals surface area contributed by atoms with Crippen molar-refractivity contribution in [2.24, 2.45) is 13.0 Å². The standard InChI is InChI=1S/C25H32N4O4S/c1-16-15-33-12-11-29(16)25(30)18-5-7-19(8-6-18)27-34(31,32)20-9-10-21-22(14-26)24(17-3-4-17)28(2)23(21)13-20/h9-10,13,16-19,27H,3-8,11-12,15H2,1-2H3/t16-,18?,19?/m1/s1. The third-order valence-corrected chi connectivity index (χ3v) is 9.17. The van der Waals surface area contributed by atoms with Gasteiger partial charge >= 0.3 is 0 Å². The molecule has 0 bridgehead atoms. The van der Waals surface area contributed by atoms with Gasteiger partial charge in [-0.2, -0.15) is 5.26 Å². The summed E-state index contributed by atoms with van der Waals surface area (Å²) >= 11 is 0. The third-order valence-electron chi connectivity index (χ3n) is 7.65. The van der Waals surface area contributed by atoms with E-state index < -0.39 is 10.0 Å². The topological polar surface area (TPSA) is 104 Å². The Labute approximate surface area is 200 Å². The quantitative estimate of drug-likeness (QED) is 0.703. The number of fused-ring (bicyclic) bond motifs is 1. The fourth-order valence-corrected chi connectivity index (χ4v) is 6.91. The van der Waals surface area contributed by atoms with Crippen LogP contribution in [-0.4, -0.2) is 55.6 Å². The van der Waals surface area contributed by atoms with E-state index >= 15 is 0 Å². The van der Waals surface area contributed by atoms with Crippen molar-refractivity contribution in [1.82, 2.24) is 14.2 Å². The smallest absolute Gasteiger partial charge is 0.240 e. The normalized spacial score (nSPS) is 25.9. The summed E-state index contributed by atoms with van der Waals surface area (Å²) in [6, 6.07) is 7.26. The first-order valence-electron chi connectivity index (χ1n) is 12.2. The van der Waals surface area contributed by atoms with Crippen LogP contribution in [0, 0.1) is 17.2 Å². The number of carbonyl (C=O) groups is 1. The average molecular weight is 485 g/mol. The maximum Gasteiger partial charge on any atom is 0.240 e. The zero-order chi connectivity index (χ0) is 24.0. The molecule has 1 aromatic carbocycles. The van der Waals surface area contributed by atoms with Crippen LogP contribution in [0.15, 0.2) is 23.1 Å². The van der Waals surface area contributed by atoms with Crippen molar-refractivity contribution in [2.45, 2.75) is 68.3 Å². The zero-order valence-corrected chi connectivity index (χ0v) is 20.6. The number of nitriles is 1. The third kappa shape index (κ3) is 4.23. The van der Waals surface area contributed by atoms with Crippen LogP contribution in [0.25, 0.3) is 10.9 Å². The van der Waals surface area contributed by atoms with E-state index in [1.54, 1.807) is 18.2 Å². The van der Waals surface area contributed by atoms with Gasteiger partial charge in [-0.3, -0.25) is 4.79 Å². The van der Waals surface area contributed by atoms with Gasteiger partial charge < -0.3 is 14.2 Å². The number of hydrogen-bond acceptors (Lipinski definition) is 5. The second kappa shape index (κ2) is 8.99. The molecule has 2 saturated carbocycles. The Bertz CT molecular complexity index is 1250. The van der Waals surface area contributed by atoms with E-state index in [0.717, 1.165) is 29.4 Å². The number of carbonyl (C=O) groups excluding carboxylic acids is 1. The van der Waals surface area contributed by atoms with Gasteiger partial charge in [-0.15, -0.1) is 0 Å². The predicted octanol–water partition coefficient (Wildman–Crippen LogP) is 3.01. The van der Waals surface area contributed by atoms with Crippen LogP contribution in [0.2, 0.25) is 0 Å². The molecule has 0 radical (unpaired) electrons. The van der Waals surface area contributed by atoms with E-state index in [9.17, 15) is 18.5 Å². The molecule has 1 aromatic heterocycles. The number of hydrogen-bond donors (Lipinski definition) is 1. The van der Waals surface area contributed by atoms with Crippen molar-refractivity contribution in [1.29, 1.82) is 5.26 Å². The second-order valence-electron chi connectivity index (χ2n) is 10.0. The van der Waals surface area contributed by atoms with Crippen LogP contribution in [0.3, 0.4) is 0 Å². The summed E-state index contributed by atoms with van der Waals surface area (Å²) in [4.78, 5) is 15.1. The predicted molar refractivity (Wildman–Crippen MR) is 128 cm³/mol. The molecule has 1 aliphatic heterocycles. The summed E-state index contributed by atoms with van der Waals surface area (Å²) in [5, 5.41) is 10.5. The number of amides is 1. The molecule has 1 N–H and O–H groups in total. The number of sulfonamides is 1. The highest BCUT2D eigenvalue weighted by atomic mass is 32.2. The van der Waals surface area contributed by atoms with E-state index in [4.69, 9.17) is 4.74 Å². The molecule has 3 fully saturated rings. The van der Waals surface area contributed by atoms with Crippen molar-refractivity contribution in [2.75, 3.05) is 19.8 Å². The summed E-state index contributed by atoms with van der Waals surface area (Å²) in [5.74, 6) is 0.515. The summed E-state index contributed by atoms with van der Waals surface area (Å²) in [6.07, 6.45) is 4.80. The van der Waals surface area contributed by atoms with E-state index in [0.29, 0.717) is 56.9 Å². The Kier molecular flexibility index (Phi) is 6.17. The summed E-state index contributed by atoms with van der Waals surface area (Å²) in [6.45, 7) is 3.79. The molecule has 9 heteroatoms. The van der Waals surface area contributed by atoms with E-state index in [-0.39, 0.29) is 28.8 Å². The molecule has 0 unspecified atom stereocenters. The molecule has 0 spiro atoms. The Balaban J connectivity index is 1.28. The Hall–Kier alpha value is -2.41. The van der Waals surface area contributed by atoms with Gasteiger partial charge in [0.1, 0.15) is 6.07 Å². The molecular weight excluding hydrogens is 452 g/mol. The molecule has 2 aromatic rings. The lowest BCUT2D eigenvalue weighted by molar-refractivity contribution is -0.144. The van der Waals surface area contributed by atoms with E-state index in [1.807, 2.05) is 23.4 Å². The van der Waals surface area contributed by atoms with Crippen LogP contribution in [0.4, 0.5) is 0 Å². The summed E-state index contributed by atoms with van der Waals surface area (Å²) in [5.41, 5.74) is 2.45. The highest BCUT2D eigenvalue weighted by molar-refractivity contribution is 7.89. The molecule has 1 amide bonds. The number of nitrogens with one attached hydrogen (secondary N) is 1. The van der Waals surface area contributed by atoms with Gasteiger partial charge in [-0.25, -0.2) is 13.1 Å². The van der Waals surface area contributed by atoms with Crippen molar-refractivity contribution in [3.8, 4) is 6.07 Å². The Morgan fingerprint density at radius 2 is 1.91 bits per heavy atom. The van der Waals surface area contributed by atoms with Gasteiger partial charge in [-0.05, 0) is 57.6 Å². The lowest BCUT2D eigenvalue weighted by atomic mass is 9.85. The van der Waals surface area contributed by atoms with Crippen molar-refractivity contribution >= 4 is 26.8 Å². The lowest BCUT2D eigenvalue weighted by Gasteiger charge is -2.37. The molecule has 34 heavy (non-hydrogen) atoms. The molecular formula is C25H32N4O4S. The van der Waals surface area contributed by atoms with Gasteiger partial charge in [0.15, 0.2) is 0 Å². The first-order valence-corrected chi connectivity index (χ1v) is 13.7. The van der Waals surface area contributed by atoms with Crippen LogP contribution >= 0.6 is 0 Å². The molecule has 1 saturated heterocycles. The van der Waals surface area contributed by atoms with Crippen molar-refractivity contribution < 1.29 is 17.9 Å². The Morgan fingerprint density at radius 1 is 1.18 bits per heavy atom.